The standard InChI is InChI=1S/C14H17N3O2/c1-2-12-5-3-4-6-13(12)14(18-9-10-19-14)11-17-8-7-15-16-17/h3-8H,2,9-11H2,1H3. The number of hydrogen-bond donors (Lipinski definition) is 0. The summed E-state index contributed by atoms with van der Waals surface area (Å²) in [5, 5.41) is 7.85. The highest BCUT2D eigenvalue weighted by Crippen LogP contribution is 2.35. The van der Waals surface area contributed by atoms with Crippen LogP contribution in [-0.4, -0.2) is 28.2 Å². The molecule has 5 heteroatoms. The van der Waals surface area contributed by atoms with Gasteiger partial charge in [0.05, 0.1) is 19.4 Å². The first-order valence-electron chi connectivity index (χ1n) is 6.54. The van der Waals surface area contributed by atoms with Crippen molar-refractivity contribution in [3.05, 3.63) is 47.8 Å². The minimum Gasteiger partial charge on any atom is -0.342 e. The molecule has 2 heterocycles. The van der Waals surface area contributed by atoms with Crippen molar-refractivity contribution in [3.8, 4) is 0 Å². The number of aryl methyl sites for hydroxylation is 1. The van der Waals surface area contributed by atoms with E-state index in [0.717, 1.165) is 12.0 Å². The molecule has 5 nitrogen and oxygen atoms in total. The SMILES string of the molecule is CCc1ccccc1C1(Cn2ccnn2)OCCO1. The van der Waals surface area contributed by atoms with E-state index in [4.69, 9.17) is 9.47 Å². The third-order valence-electron chi connectivity index (χ3n) is 3.40. The second kappa shape index (κ2) is 5.11. The van der Waals surface area contributed by atoms with Crippen LogP contribution in [-0.2, 0) is 28.2 Å². The molecule has 19 heavy (non-hydrogen) atoms. The summed E-state index contributed by atoms with van der Waals surface area (Å²) in [5.41, 5.74) is 2.33. The van der Waals surface area contributed by atoms with Crippen molar-refractivity contribution in [1.29, 1.82) is 0 Å². The van der Waals surface area contributed by atoms with Gasteiger partial charge in [-0.3, -0.25) is 0 Å². The lowest BCUT2D eigenvalue weighted by atomic mass is 9.97. The molecular weight excluding hydrogens is 242 g/mol. The zero-order chi connectivity index (χ0) is 13.1. The molecule has 0 spiro atoms. The monoisotopic (exact) mass is 259 g/mol. The fraction of sp³-hybridized carbons (Fsp3) is 0.429. The van der Waals surface area contributed by atoms with Gasteiger partial charge < -0.3 is 9.47 Å². The molecule has 1 aliphatic heterocycles. The van der Waals surface area contributed by atoms with E-state index in [9.17, 15) is 0 Å². The van der Waals surface area contributed by atoms with E-state index >= 15 is 0 Å². The van der Waals surface area contributed by atoms with E-state index in [1.807, 2.05) is 18.3 Å². The molecular formula is C14H17N3O2. The maximum Gasteiger partial charge on any atom is 0.215 e. The highest BCUT2D eigenvalue weighted by Gasteiger charge is 2.40. The third-order valence-corrected chi connectivity index (χ3v) is 3.40. The van der Waals surface area contributed by atoms with Crippen molar-refractivity contribution >= 4 is 0 Å². The van der Waals surface area contributed by atoms with Crippen molar-refractivity contribution in [2.45, 2.75) is 25.7 Å². The molecule has 3 rings (SSSR count). The molecule has 0 N–H and O–H groups in total. The van der Waals surface area contributed by atoms with E-state index in [2.05, 4.69) is 29.4 Å². The summed E-state index contributed by atoms with van der Waals surface area (Å²) in [6.45, 7) is 3.86. The molecule has 0 amide bonds. The summed E-state index contributed by atoms with van der Waals surface area (Å²) in [6, 6.07) is 8.24. The molecule has 1 aromatic heterocycles. The first-order valence-corrected chi connectivity index (χ1v) is 6.54. The molecule has 1 aromatic carbocycles. The van der Waals surface area contributed by atoms with E-state index in [1.54, 1.807) is 10.9 Å². The molecule has 0 atom stereocenters. The lowest BCUT2D eigenvalue weighted by Gasteiger charge is -2.29. The summed E-state index contributed by atoms with van der Waals surface area (Å²) >= 11 is 0. The van der Waals surface area contributed by atoms with Crippen LogP contribution >= 0.6 is 0 Å². The quantitative estimate of drug-likeness (QED) is 0.839. The zero-order valence-electron chi connectivity index (χ0n) is 11.0. The Labute approximate surface area is 112 Å². The van der Waals surface area contributed by atoms with Crippen LogP contribution in [0.25, 0.3) is 0 Å². The molecule has 1 saturated heterocycles. The van der Waals surface area contributed by atoms with Crippen molar-refractivity contribution < 1.29 is 9.47 Å². The normalized spacial score (nSPS) is 17.7. The predicted octanol–water partition coefficient (Wildman–Crippen LogP) is 1.74. The molecule has 2 aromatic rings. The number of nitrogens with zero attached hydrogens (tertiary/aromatic N) is 3. The van der Waals surface area contributed by atoms with Gasteiger partial charge in [0.15, 0.2) is 0 Å². The first-order chi connectivity index (χ1) is 9.34. The van der Waals surface area contributed by atoms with Gasteiger partial charge in [-0.2, -0.15) is 0 Å². The maximum atomic E-state index is 5.93. The average molecular weight is 259 g/mol. The van der Waals surface area contributed by atoms with Gasteiger partial charge in [0, 0.05) is 11.8 Å². The first kappa shape index (κ1) is 12.3. The van der Waals surface area contributed by atoms with Gasteiger partial charge in [0.25, 0.3) is 0 Å². The summed E-state index contributed by atoms with van der Waals surface area (Å²) < 4.78 is 13.6. The van der Waals surface area contributed by atoms with Crippen LogP contribution in [0.4, 0.5) is 0 Å². The highest BCUT2D eigenvalue weighted by molar-refractivity contribution is 5.31. The van der Waals surface area contributed by atoms with Crippen LogP contribution in [0.15, 0.2) is 36.7 Å². The Morgan fingerprint density at radius 2 is 2.05 bits per heavy atom. The van der Waals surface area contributed by atoms with Crippen molar-refractivity contribution in [2.75, 3.05) is 13.2 Å². The summed E-state index contributed by atoms with van der Waals surface area (Å²) in [6.07, 6.45) is 4.43. The Kier molecular flexibility index (Phi) is 3.31. The minimum atomic E-state index is -0.736. The van der Waals surface area contributed by atoms with Gasteiger partial charge in [-0.25, -0.2) is 4.68 Å². The Hall–Kier alpha value is -1.72. The second-order valence-electron chi connectivity index (χ2n) is 4.56. The van der Waals surface area contributed by atoms with Gasteiger partial charge in [-0.05, 0) is 12.0 Å². The fourth-order valence-corrected chi connectivity index (χ4v) is 2.52. The Balaban J connectivity index is 2.00. The Morgan fingerprint density at radius 1 is 1.26 bits per heavy atom. The number of ether oxygens (including phenoxy) is 2. The van der Waals surface area contributed by atoms with Crippen LogP contribution in [0, 0.1) is 0 Å². The summed E-state index contributed by atoms with van der Waals surface area (Å²) in [5.74, 6) is -0.736. The van der Waals surface area contributed by atoms with Gasteiger partial charge >= 0.3 is 0 Å². The van der Waals surface area contributed by atoms with Crippen LogP contribution in [0.5, 0.6) is 0 Å². The maximum absolute atomic E-state index is 5.93. The number of hydrogen-bond acceptors (Lipinski definition) is 4. The molecule has 0 unspecified atom stereocenters. The minimum absolute atomic E-state index is 0.518. The number of rotatable bonds is 4. The largest absolute Gasteiger partial charge is 0.342 e. The molecule has 1 aliphatic rings. The zero-order valence-corrected chi connectivity index (χ0v) is 11.0. The van der Waals surface area contributed by atoms with Gasteiger partial charge in [-0.15, -0.1) is 5.10 Å². The van der Waals surface area contributed by atoms with Gasteiger partial charge in [-0.1, -0.05) is 36.4 Å². The summed E-state index contributed by atoms with van der Waals surface area (Å²) in [7, 11) is 0. The Morgan fingerprint density at radius 3 is 2.74 bits per heavy atom. The van der Waals surface area contributed by atoms with E-state index in [-0.39, 0.29) is 0 Å². The number of benzene rings is 1. The van der Waals surface area contributed by atoms with Crippen LogP contribution in [0.3, 0.4) is 0 Å². The van der Waals surface area contributed by atoms with Crippen LogP contribution in [0.2, 0.25) is 0 Å². The molecule has 0 bridgehead atoms. The molecule has 0 saturated carbocycles. The predicted molar refractivity (Wildman–Crippen MR) is 69.4 cm³/mol. The third kappa shape index (κ3) is 2.27. The summed E-state index contributed by atoms with van der Waals surface area (Å²) in [4.78, 5) is 0. The van der Waals surface area contributed by atoms with Gasteiger partial charge in [0.2, 0.25) is 5.79 Å². The molecule has 1 fully saturated rings. The Bertz CT molecular complexity index is 533. The fourth-order valence-electron chi connectivity index (χ4n) is 2.52. The molecule has 100 valence electrons. The highest BCUT2D eigenvalue weighted by atomic mass is 16.7. The van der Waals surface area contributed by atoms with E-state index in [0.29, 0.717) is 19.8 Å². The lowest BCUT2D eigenvalue weighted by Crippen LogP contribution is -2.34. The van der Waals surface area contributed by atoms with Crippen molar-refractivity contribution in [2.24, 2.45) is 0 Å². The molecule has 0 radical (unpaired) electrons. The van der Waals surface area contributed by atoms with Gasteiger partial charge in [0.1, 0.15) is 6.54 Å². The smallest absolute Gasteiger partial charge is 0.215 e. The molecule has 0 aliphatic carbocycles. The average Bonchev–Trinajstić information content (AvgIpc) is 3.11. The topological polar surface area (TPSA) is 49.2 Å². The van der Waals surface area contributed by atoms with E-state index < -0.39 is 5.79 Å². The van der Waals surface area contributed by atoms with E-state index in [1.165, 1.54) is 5.56 Å². The van der Waals surface area contributed by atoms with Crippen LogP contribution < -0.4 is 0 Å². The lowest BCUT2D eigenvalue weighted by molar-refractivity contribution is -0.178. The van der Waals surface area contributed by atoms with Crippen molar-refractivity contribution in [1.82, 2.24) is 15.0 Å². The van der Waals surface area contributed by atoms with Crippen molar-refractivity contribution in [3.63, 3.8) is 0 Å². The number of aromatic nitrogens is 3. The van der Waals surface area contributed by atoms with Crippen LogP contribution in [0.1, 0.15) is 18.1 Å². The second-order valence-corrected chi connectivity index (χ2v) is 4.56.